The van der Waals surface area contributed by atoms with Crippen molar-refractivity contribution in [2.45, 2.75) is 45.8 Å². The Balaban J connectivity index is 3.41. The number of hydrogen-bond acceptors (Lipinski definition) is 3. The maximum Gasteiger partial charge on any atom is 0.187 e. The summed E-state index contributed by atoms with van der Waals surface area (Å²) in [4.78, 5) is 11.7. The van der Waals surface area contributed by atoms with Crippen molar-refractivity contribution in [3.8, 4) is 0 Å². The quantitative estimate of drug-likeness (QED) is 0.700. The Hall–Kier alpha value is -0.930. The van der Waals surface area contributed by atoms with E-state index in [1.807, 2.05) is 13.8 Å². The fraction of sp³-hybridized carbons (Fsp3) is 0.615. The Bertz CT molecular complexity index is 361. The van der Waals surface area contributed by atoms with E-state index in [-0.39, 0.29) is 5.78 Å². The van der Waals surface area contributed by atoms with Crippen molar-refractivity contribution in [1.82, 2.24) is 0 Å². The molecule has 16 heavy (non-hydrogen) atoms. The fourth-order valence-electron chi connectivity index (χ4n) is 2.73. The predicted molar refractivity (Wildman–Crippen MR) is 62.9 cm³/mol. The molecule has 0 saturated heterocycles. The van der Waals surface area contributed by atoms with Crippen molar-refractivity contribution >= 4 is 5.78 Å². The molecule has 0 amide bonds. The van der Waals surface area contributed by atoms with Gasteiger partial charge in [-0.2, -0.15) is 0 Å². The molecule has 0 aromatic heterocycles. The summed E-state index contributed by atoms with van der Waals surface area (Å²) < 4.78 is 0. The van der Waals surface area contributed by atoms with Crippen molar-refractivity contribution in [3.05, 3.63) is 23.8 Å². The van der Waals surface area contributed by atoms with Crippen LogP contribution in [-0.4, -0.2) is 27.7 Å². The first-order valence-electron chi connectivity index (χ1n) is 5.43. The summed E-state index contributed by atoms with van der Waals surface area (Å²) in [7, 11) is 0. The van der Waals surface area contributed by atoms with Crippen molar-refractivity contribution < 1.29 is 15.0 Å². The van der Waals surface area contributed by atoms with Crippen LogP contribution >= 0.6 is 0 Å². The van der Waals surface area contributed by atoms with Crippen molar-refractivity contribution in [2.24, 2.45) is 5.41 Å². The van der Waals surface area contributed by atoms with Crippen LogP contribution in [0.5, 0.6) is 0 Å². The normalized spacial score (nSPS) is 28.9. The van der Waals surface area contributed by atoms with Crippen LogP contribution in [0.2, 0.25) is 0 Å². The molecule has 2 unspecified atom stereocenters. The first kappa shape index (κ1) is 13.1. The highest BCUT2D eigenvalue weighted by molar-refractivity contribution is 6.00. The number of hydrogen-bond donors (Lipinski definition) is 2. The van der Waals surface area contributed by atoms with Gasteiger partial charge in [0.1, 0.15) is 11.7 Å². The highest BCUT2D eigenvalue weighted by atomic mass is 16.3. The second-order valence-corrected chi connectivity index (χ2v) is 5.32. The largest absolute Gasteiger partial charge is 0.385 e. The molecule has 2 atom stereocenters. The van der Waals surface area contributed by atoms with Gasteiger partial charge in [0.25, 0.3) is 0 Å². The van der Waals surface area contributed by atoms with Gasteiger partial charge in [-0.05, 0) is 36.8 Å². The molecule has 0 aromatic rings. The predicted octanol–water partition coefficient (Wildman–Crippen LogP) is 1.60. The van der Waals surface area contributed by atoms with E-state index in [1.54, 1.807) is 13.8 Å². The third-order valence-electron chi connectivity index (χ3n) is 3.33. The Morgan fingerprint density at radius 3 is 2.50 bits per heavy atom. The molecule has 0 saturated carbocycles. The minimum Gasteiger partial charge on any atom is -0.385 e. The summed E-state index contributed by atoms with van der Waals surface area (Å²) in [6.07, 6.45) is 0.806. The highest BCUT2D eigenvalue weighted by Crippen LogP contribution is 2.44. The van der Waals surface area contributed by atoms with Gasteiger partial charge in [-0.25, -0.2) is 0 Å². The number of rotatable bonds is 2. The van der Waals surface area contributed by atoms with Crippen LogP contribution in [0.1, 0.15) is 34.1 Å². The molecule has 0 aromatic carbocycles. The van der Waals surface area contributed by atoms with Gasteiger partial charge in [-0.3, -0.25) is 4.79 Å². The standard InChI is InChI=1S/C13H20O3/c1-6-13(5,16)11-8(2)10(15)9(14)7-12(11,3)4/h6,9,14,16H,1,7H2,2-5H3. The first-order valence-corrected chi connectivity index (χ1v) is 5.43. The summed E-state index contributed by atoms with van der Waals surface area (Å²) in [5.74, 6) is -0.295. The molecule has 90 valence electrons. The highest BCUT2D eigenvalue weighted by Gasteiger charge is 2.44. The SMILES string of the molecule is C=CC(C)(O)C1=C(C)C(=O)C(O)CC1(C)C. The zero-order chi connectivity index (χ0) is 12.7. The summed E-state index contributed by atoms with van der Waals surface area (Å²) in [6.45, 7) is 10.7. The van der Waals surface area contributed by atoms with Crippen molar-refractivity contribution in [2.75, 3.05) is 0 Å². The maximum absolute atomic E-state index is 11.7. The second kappa shape index (κ2) is 3.82. The molecule has 0 bridgehead atoms. The van der Waals surface area contributed by atoms with E-state index in [9.17, 15) is 15.0 Å². The second-order valence-electron chi connectivity index (χ2n) is 5.32. The van der Waals surface area contributed by atoms with Crippen LogP contribution in [0.15, 0.2) is 23.8 Å². The van der Waals surface area contributed by atoms with Gasteiger partial charge in [0.2, 0.25) is 0 Å². The van der Waals surface area contributed by atoms with E-state index < -0.39 is 17.1 Å². The lowest BCUT2D eigenvalue weighted by Gasteiger charge is -2.41. The van der Waals surface area contributed by atoms with Gasteiger partial charge < -0.3 is 10.2 Å². The fourth-order valence-corrected chi connectivity index (χ4v) is 2.73. The lowest BCUT2D eigenvalue weighted by Crippen LogP contribution is -2.43. The van der Waals surface area contributed by atoms with Crippen LogP contribution < -0.4 is 0 Å². The van der Waals surface area contributed by atoms with Gasteiger partial charge in [0.15, 0.2) is 5.78 Å². The molecule has 3 heteroatoms. The van der Waals surface area contributed by atoms with Crippen molar-refractivity contribution in [3.63, 3.8) is 0 Å². The van der Waals surface area contributed by atoms with Gasteiger partial charge in [0, 0.05) is 0 Å². The summed E-state index contributed by atoms with van der Waals surface area (Å²) >= 11 is 0. The van der Waals surface area contributed by atoms with E-state index in [2.05, 4.69) is 6.58 Å². The third kappa shape index (κ3) is 1.97. The lowest BCUT2D eigenvalue weighted by atomic mass is 9.65. The number of carbonyl (C=O) groups is 1. The number of Topliss-reactive ketones (excluding diaryl/α,β-unsaturated/α-hetero) is 1. The molecule has 0 spiro atoms. The summed E-state index contributed by atoms with van der Waals surface area (Å²) in [5, 5.41) is 19.9. The van der Waals surface area contributed by atoms with E-state index in [4.69, 9.17) is 0 Å². The Labute approximate surface area is 96.5 Å². The van der Waals surface area contributed by atoms with Crippen LogP contribution in [0.4, 0.5) is 0 Å². The van der Waals surface area contributed by atoms with E-state index >= 15 is 0 Å². The molecule has 0 fully saturated rings. The molecular weight excluding hydrogens is 204 g/mol. The zero-order valence-corrected chi connectivity index (χ0v) is 10.4. The molecule has 0 heterocycles. The van der Waals surface area contributed by atoms with E-state index in [1.165, 1.54) is 6.08 Å². The monoisotopic (exact) mass is 224 g/mol. The van der Waals surface area contributed by atoms with E-state index in [0.29, 0.717) is 17.6 Å². The third-order valence-corrected chi connectivity index (χ3v) is 3.33. The smallest absolute Gasteiger partial charge is 0.187 e. The van der Waals surface area contributed by atoms with Gasteiger partial charge in [0.05, 0.1) is 0 Å². The van der Waals surface area contributed by atoms with E-state index in [0.717, 1.165) is 0 Å². The Morgan fingerprint density at radius 1 is 1.56 bits per heavy atom. The molecular formula is C13H20O3. The summed E-state index contributed by atoms with van der Waals surface area (Å²) in [6, 6.07) is 0. The molecule has 2 N–H and O–H groups in total. The minimum atomic E-state index is -1.20. The van der Waals surface area contributed by atoms with Gasteiger partial charge >= 0.3 is 0 Å². The van der Waals surface area contributed by atoms with Gasteiger partial charge in [-0.1, -0.05) is 26.5 Å². The van der Waals surface area contributed by atoms with Crippen LogP contribution in [0.3, 0.4) is 0 Å². The number of aliphatic hydroxyl groups excluding tert-OH is 1. The summed E-state index contributed by atoms with van der Waals surface area (Å²) in [5.41, 5.74) is -0.502. The minimum absolute atomic E-state index is 0.295. The Morgan fingerprint density at radius 2 is 2.06 bits per heavy atom. The Kier molecular flexibility index (Phi) is 3.14. The van der Waals surface area contributed by atoms with Crippen LogP contribution in [0.25, 0.3) is 0 Å². The van der Waals surface area contributed by atoms with Gasteiger partial charge in [-0.15, -0.1) is 0 Å². The molecule has 1 aliphatic carbocycles. The molecule has 0 aliphatic heterocycles. The number of carbonyl (C=O) groups excluding carboxylic acids is 1. The molecule has 3 nitrogen and oxygen atoms in total. The topological polar surface area (TPSA) is 57.5 Å². The van der Waals surface area contributed by atoms with Crippen LogP contribution in [-0.2, 0) is 4.79 Å². The first-order chi connectivity index (χ1) is 7.13. The average Bonchev–Trinajstić information content (AvgIpc) is 2.13. The zero-order valence-electron chi connectivity index (χ0n) is 10.4. The number of aliphatic hydroxyl groups is 2. The molecule has 1 aliphatic rings. The lowest BCUT2D eigenvalue weighted by molar-refractivity contribution is -0.126. The molecule has 1 rings (SSSR count). The number of ketones is 1. The maximum atomic E-state index is 11.7. The van der Waals surface area contributed by atoms with Crippen LogP contribution in [0, 0.1) is 5.41 Å². The van der Waals surface area contributed by atoms with Crippen molar-refractivity contribution in [1.29, 1.82) is 0 Å². The molecule has 0 radical (unpaired) electrons. The average molecular weight is 224 g/mol.